The first kappa shape index (κ1) is 6.62. The third-order valence-electron chi connectivity index (χ3n) is 2.87. The molecule has 2 fully saturated rings. The van der Waals surface area contributed by atoms with Crippen molar-refractivity contribution in [1.82, 2.24) is 10.2 Å². The highest BCUT2D eigenvalue weighted by Gasteiger charge is 2.45. The summed E-state index contributed by atoms with van der Waals surface area (Å²) in [6.07, 6.45) is 0. The maximum Gasteiger partial charge on any atom is 0.0284 e. The second kappa shape index (κ2) is 1.95. The highest BCUT2D eigenvalue weighted by Crippen LogP contribution is 2.36. The van der Waals surface area contributed by atoms with Gasteiger partial charge in [-0.05, 0) is 5.41 Å². The predicted octanol–water partition coefficient (Wildman–Crippen LogP) is 0.300. The zero-order valence-electron chi connectivity index (χ0n) is 6.85. The number of piperazine rings is 1. The summed E-state index contributed by atoms with van der Waals surface area (Å²) in [5.41, 5.74) is 0.577. The molecule has 0 saturated carbocycles. The molecular formula is C8H16N2. The first-order valence-corrected chi connectivity index (χ1v) is 4.15. The highest BCUT2D eigenvalue weighted by molar-refractivity contribution is 5.01. The van der Waals surface area contributed by atoms with Crippen molar-refractivity contribution in [2.24, 2.45) is 5.41 Å². The van der Waals surface area contributed by atoms with Gasteiger partial charge < -0.3 is 5.32 Å². The van der Waals surface area contributed by atoms with Crippen molar-refractivity contribution >= 4 is 0 Å². The summed E-state index contributed by atoms with van der Waals surface area (Å²) < 4.78 is 0. The Morgan fingerprint density at radius 2 is 2.30 bits per heavy atom. The summed E-state index contributed by atoms with van der Waals surface area (Å²) in [5.74, 6) is 0. The van der Waals surface area contributed by atoms with Crippen LogP contribution < -0.4 is 5.32 Å². The molecule has 2 rings (SSSR count). The second-order valence-electron chi connectivity index (χ2n) is 4.18. The number of hydrogen-bond donors (Lipinski definition) is 1. The fourth-order valence-electron chi connectivity index (χ4n) is 2.22. The summed E-state index contributed by atoms with van der Waals surface area (Å²) >= 11 is 0. The molecule has 2 heterocycles. The number of nitrogens with one attached hydrogen (secondary N) is 1. The minimum absolute atomic E-state index is 0.577. The molecule has 2 heteroatoms. The Morgan fingerprint density at radius 3 is 2.80 bits per heavy atom. The molecule has 0 amide bonds. The SMILES string of the molecule is CC1(C)CN2CCNCC21. The van der Waals surface area contributed by atoms with Gasteiger partial charge in [-0.25, -0.2) is 0 Å². The van der Waals surface area contributed by atoms with Gasteiger partial charge in [-0.2, -0.15) is 0 Å². The number of nitrogens with zero attached hydrogens (tertiary/aromatic N) is 1. The van der Waals surface area contributed by atoms with Crippen LogP contribution in [0.5, 0.6) is 0 Å². The van der Waals surface area contributed by atoms with E-state index in [1.54, 1.807) is 0 Å². The van der Waals surface area contributed by atoms with Crippen LogP contribution in [0.1, 0.15) is 13.8 Å². The van der Waals surface area contributed by atoms with Crippen molar-refractivity contribution in [3.05, 3.63) is 0 Å². The fraction of sp³-hybridized carbons (Fsp3) is 1.00. The molecule has 0 spiro atoms. The molecule has 0 aromatic heterocycles. The molecule has 0 aliphatic carbocycles. The molecule has 58 valence electrons. The Balaban J connectivity index is 2.01. The van der Waals surface area contributed by atoms with Crippen molar-refractivity contribution in [2.75, 3.05) is 26.2 Å². The lowest BCUT2D eigenvalue weighted by atomic mass is 9.74. The maximum atomic E-state index is 3.43. The van der Waals surface area contributed by atoms with Gasteiger partial charge in [0, 0.05) is 32.2 Å². The van der Waals surface area contributed by atoms with E-state index in [-0.39, 0.29) is 0 Å². The molecule has 10 heavy (non-hydrogen) atoms. The Morgan fingerprint density at radius 1 is 1.50 bits per heavy atom. The molecule has 0 aromatic carbocycles. The lowest BCUT2D eigenvalue weighted by Gasteiger charge is -2.56. The van der Waals surface area contributed by atoms with E-state index in [1.165, 1.54) is 26.2 Å². The molecule has 1 unspecified atom stereocenters. The largest absolute Gasteiger partial charge is 0.314 e. The van der Waals surface area contributed by atoms with Crippen LogP contribution in [0.3, 0.4) is 0 Å². The molecule has 0 aromatic rings. The van der Waals surface area contributed by atoms with Crippen molar-refractivity contribution in [2.45, 2.75) is 19.9 Å². The van der Waals surface area contributed by atoms with E-state index in [9.17, 15) is 0 Å². The van der Waals surface area contributed by atoms with Crippen LogP contribution in [0.15, 0.2) is 0 Å². The Bertz CT molecular complexity index is 142. The summed E-state index contributed by atoms with van der Waals surface area (Å²) in [5, 5.41) is 3.43. The van der Waals surface area contributed by atoms with Crippen molar-refractivity contribution in [3.8, 4) is 0 Å². The highest BCUT2D eigenvalue weighted by atomic mass is 15.3. The minimum atomic E-state index is 0.577. The second-order valence-corrected chi connectivity index (χ2v) is 4.18. The van der Waals surface area contributed by atoms with Crippen LogP contribution in [0, 0.1) is 5.41 Å². The first-order chi connectivity index (χ1) is 4.70. The molecule has 0 bridgehead atoms. The Labute approximate surface area is 62.6 Å². The molecular weight excluding hydrogens is 124 g/mol. The van der Waals surface area contributed by atoms with E-state index in [1.807, 2.05) is 0 Å². The van der Waals surface area contributed by atoms with Crippen LogP contribution >= 0.6 is 0 Å². The van der Waals surface area contributed by atoms with Crippen molar-refractivity contribution < 1.29 is 0 Å². The van der Waals surface area contributed by atoms with E-state index < -0.39 is 0 Å². The summed E-state index contributed by atoms with van der Waals surface area (Å²) in [6, 6.07) is 0.821. The maximum absolute atomic E-state index is 3.43. The fourth-order valence-corrected chi connectivity index (χ4v) is 2.22. The van der Waals surface area contributed by atoms with Crippen LogP contribution in [-0.2, 0) is 0 Å². The third-order valence-corrected chi connectivity index (χ3v) is 2.87. The van der Waals surface area contributed by atoms with Gasteiger partial charge in [-0.15, -0.1) is 0 Å². The molecule has 1 N–H and O–H groups in total. The predicted molar refractivity (Wildman–Crippen MR) is 42.0 cm³/mol. The lowest BCUT2D eigenvalue weighted by Crippen LogP contribution is -2.69. The Kier molecular flexibility index (Phi) is 1.29. The average molecular weight is 140 g/mol. The standard InChI is InChI=1S/C8H16N2/c1-8(2)6-10-4-3-9-5-7(8)10/h7,9H,3-6H2,1-2H3. The average Bonchev–Trinajstić information content (AvgIpc) is 1.86. The lowest BCUT2D eigenvalue weighted by molar-refractivity contribution is -0.0624. The summed E-state index contributed by atoms with van der Waals surface area (Å²) in [4.78, 5) is 2.58. The van der Waals surface area contributed by atoms with Gasteiger partial charge in [0.15, 0.2) is 0 Å². The van der Waals surface area contributed by atoms with E-state index in [4.69, 9.17) is 0 Å². The van der Waals surface area contributed by atoms with Gasteiger partial charge in [0.1, 0.15) is 0 Å². The van der Waals surface area contributed by atoms with E-state index in [2.05, 4.69) is 24.1 Å². The summed E-state index contributed by atoms with van der Waals surface area (Å²) in [6.45, 7) is 9.68. The third kappa shape index (κ3) is 0.789. The minimum Gasteiger partial charge on any atom is -0.314 e. The molecule has 0 radical (unpaired) electrons. The van der Waals surface area contributed by atoms with Gasteiger partial charge >= 0.3 is 0 Å². The zero-order chi connectivity index (χ0) is 7.19. The Hall–Kier alpha value is -0.0800. The van der Waals surface area contributed by atoms with Crippen molar-refractivity contribution in [3.63, 3.8) is 0 Å². The van der Waals surface area contributed by atoms with Gasteiger partial charge in [-0.3, -0.25) is 4.90 Å². The van der Waals surface area contributed by atoms with Crippen LogP contribution in [0.4, 0.5) is 0 Å². The molecule has 2 aliphatic heterocycles. The number of hydrogen-bond acceptors (Lipinski definition) is 2. The van der Waals surface area contributed by atoms with Crippen molar-refractivity contribution in [1.29, 1.82) is 0 Å². The monoisotopic (exact) mass is 140 g/mol. The quantitative estimate of drug-likeness (QED) is 0.520. The van der Waals surface area contributed by atoms with Crippen LogP contribution in [0.2, 0.25) is 0 Å². The summed E-state index contributed by atoms with van der Waals surface area (Å²) in [7, 11) is 0. The van der Waals surface area contributed by atoms with Crippen LogP contribution in [-0.4, -0.2) is 37.1 Å². The molecule has 2 nitrogen and oxygen atoms in total. The molecule has 2 saturated heterocycles. The first-order valence-electron chi connectivity index (χ1n) is 4.15. The van der Waals surface area contributed by atoms with E-state index in [0.29, 0.717) is 5.41 Å². The van der Waals surface area contributed by atoms with Crippen LogP contribution in [0.25, 0.3) is 0 Å². The normalized spacial score (nSPS) is 38.4. The van der Waals surface area contributed by atoms with E-state index >= 15 is 0 Å². The molecule has 1 atom stereocenters. The number of fused-ring (bicyclic) bond motifs is 1. The smallest absolute Gasteiger partial charge is 0.0284 e. The molecule has 2 aliphatic rings. The number of rotatable bonds is 0. The van der Waals surface area contributed by atoms with Gasteiger partial charge in [0.05, 0.1) is 0 Å². The van der Waals surface area contributed by atoms with Gasteiger partial charge in [0.25, 0.3) is 0 Å². The topological polar surface area (TPSA) is 15.3 Å². The van der Waals surface area contributed by atoms with Gasteiger partial charge in [0.2, 0.25) is 0 Å². The zero-order valence-corrected chi connectivity index (χ0v) is 6.85. The van der Waals surface area contributed by atoms with E-state index in [0.717, 1.165) is 6.04 Å². The van der Waals surface area contributed by atoms with Gasteiger partial charge in [-0.1, -0.05) is 13.8 Å².